The predicted octanol–water partition coefficient (Wildman–Crippen LogP) is 2.55. The monoisotopic (exact) mass is 238 g/mol. The lowest BCUT2D eigenvalue weighted by atomic mass is 10.00. The van der Waals surface area contributed by atoms with Gasteiger partial charge in [-0.2, -0.15) is 0 Å². The fourth-order valence-corrected chi connectivity index (χ4v) is 2.13. The molecule has 0 saturated carbocycles. The Kier molecular flexibility index (Phi) is 3.52. The number of nitrogen functional groups attached to an aromatic ring is 1. The normalized spacial score (nSPS) is 21.5. The first-order valence-corrected chi connectivity index (χ1v) is 5.98. The molecule has 3 nitrogen and oxygen atoms in total. The Morgan fingerprint density at radius 3 is 2.94 bits per heavy atom. The molecule has 2 unspecified atom stereocenters. The molecular weight excluding hydrogens is 219 g/mol. The number of rotatable bonds is 3. The summed E-state index contributed by atoms with van der Waals surface area (Å²) in [5.41, 5.74) is 7.68. The SMILES string of the molecule is Cc1cc(NC(C)C2CCOC2)c(N)cc1F. The van der Waals surface area contributed by atoms with E-state index in [1.54, 1.807) is 13.0 Å². The second kappa shape index (κ2) is 4.92. The molecule has 94 valence electrons. The molecule has 0 aliphatic carbocycles. The van der Waals surface area contributed by atoms with E-state index in [4.69, 9.17) is 10.5 Å². The summed E-state index contributed by atoms with van der Waals surface area (Å²) in [6, 6.07) is 3.41. The van der Waals surface area contributed by atoms with Gasteiger partial charge in [0.25, 0.3) is 0 Å². The van der Waals surface area contributed by atoms with Gasteiger partial charge in [-0.15, -0.1) is 0 Å². The van der Waals surface area contributed by atoms with E-state index in [1.165, 1.54) is 6.07 Å². The summed E-state index contributed by atoms with van der Waals surface area (Å²) >= 11 is 0. The third-order valence-electron chi connectivity index (χ3n) is 3.39. The highest BCUT2D eigenvalue weighted by Crippen LogP contribution is 2.26. The Morgan fingerprint density at radius 2 is 2.29 bits per heavy atom. The van der Waals surface area contributed by atoms with Crippen LogP contribution in [0, 0.1) is 18.7 Å². The van der Waals surface area contributed by atoms with Crippen molar-refractivity contribution in [1.82, 2.24) is 0 Å². The van der Waals surface area contributed by atoms with E-state index < -0.39 is 0 Å². The molecule has 0 spiro atoms. The largest absolute Gasteiger partial charge is 0.397 e. The Morgan fingerprint density at radius 1 is 1.53 bits per heavy atom. The highest BCUT2D eigenvalue weighted by molar-refractivity contribution is 5.67. The fourth-order valence-electron chi connectivity index (χ4n) is 2.13. The van der Waals surface area contributed by atoms with Crippen LogP contribution in [0.2, 0.25) is 0 Å². The first-order valence-electron chi connectivity index (χ1n) is 5.98. The highest BCUT2D eigenvalue weighted by Gasteiger charge is 2.22. The van der Waals surface area contributed by atoms with Crippen LogP contribution in [0.5, 0.6) is 0 Å². The summed E-state index contributed by atoms with van der Waals surface area (Å²) < 4.78 is 18.6. The second-order valence-corrected chi connectivity index (χ2v) is 4.75. The van der Waals surface area contributed by atoms with Crippen molar-refractivity contribution >= 4 is 11.4 Å². The van der Waals surface area contributed by atoms with Crippen LogP contribution in [-0.4, -0.2) is 19.3 Å². The maximum absolute atomic E-state index is 13.3. The van der Waals surface area contributed by atoms with Crippen molar-refractivity contribution < 1.29 is 9.13 Å². The third kappa shape index (κ3) is 2.69. The summed E-state index contributed by atoms with van der Waals surface area (Å²) in [5.74, 6) is 0.240. The summed E-state index contributed by atoms with van der Waals surface area (Å²) in [6.07, 6.45) is 1.06. The summed E-state index contributed by atoms with van der Waals surface area (Å²) in [5, 5.41) is 3.35. The Balaban J connectivity index is 2.09. The van der Waals surface area contributed by atoms with Gasteiger partial charge in [-0.3, -0.25) is 0 Å². The zero-order chi connectivity index (χ0) is 12.4. The van der Waals surface area contributed by atoms with E-state index in [9.17, 15) is 4.39 Å². The summed E-state index contributed by atoms with van der Waals surface area (Å²) in [6.45, 7) is 5.46. The number of halogens is 1. The maximum Gasteiger partial charge on any atom is 0.128 e. The smallest absolute Gasteiger partial charge is 0.128 e. The van der Waals surface area contributed by atoms with Crippen LogP contribution in [0.25, 0.3) is 0 Å². The molecule has 17 heavy (non-hydrogen) atoms. The lowest BCUT2D eigenvalue weighted by Gasteiger charge is -2.22. The molecule has 3 N–H and O–H groups in total. The standard InChI is InChI=1S/C13H19FN2O/c1-8-5-13(12(15)6-11(8)14)16-9(2)10-3-4-17-7-10/h5-6,9-10,16H,3-4,7,15H2,1-2H3. The number of nitrogens with two attached hydrogens (primary N) is 1. The minimum atomic E-state index is -0.259. The van der Waals surface area contributed by atoms with Crippen LogP contribution >= 0.6 is 0 Å². The van der Waals surface area contributed by atoms with Crippen LogP contribution in [0.3, 0.4) is 0 Å². The van der Waals surface area contributed by atoms with Crippen LogP contribution in [0.15, 0.2) is 12.1 Å². The van der Waals surface area contributed by atoms with E-state index in [0.29, 0.717) is 17.2 Å². The number of anilines is 2. The molecule has 1 aromatic carbocycles. The molecule has 1 aliphatic rings. The van der Waals surface area contributed by atoms with Gasteiger partial charge in [0, 0.05) is 18.6 Å². The number of nitrogens with one attached hydrogen (secondary N) is 1. The molecule has 0 amide bonds. The highest BCUT2D eigenvalue weighted by atomic mass is 19.1. The summed E-state index contributed by atoms with van der Waals surface area (Å²) in [7, 11) is 0. The molecule has 0 radical (unpaired) electrons. The van der Waals surface area contributed by atoms with Gasteiger partial charge >= 0.3 is 0 Å². The van der Waals surface area contributed by atoms with Crippen molar-refractivity contribution in [2.75, 3.05) is 24.3 Å². The minimum absolute atomic E-state index is 0.259. The number of hydrogen-bond acceptors (Lipinski definition) is 3. The number of ether oxygens (including phenoxy) is 1. The van der Waals surface area contributed by atoms with E-state index >= 15 is 0 Å². The number of aryl methyl sites for hydroxylation is 1. The van der Waals surface area contributed by atoms with Gasteiger partial charge in [0.1, 0.15) is 5.82 Å². The van der Waals surface area contributed by atoms with E-state index in [0.717, 1.165) is 25.3 Å². The quantitative estimate of drug-likeness (QED) is 0.796. The van der Waals surface area contributed by atoms with Crippen molar-refractivity contribution in [1.29, 1.82) is 0 Å². The molecule has 0 aromatic heterocycles. The van der Waals surface area contributed by atoms with Crippen molar-refractivity contribution in [3.8, 4) is 0 Å². The Hall–Kier alpha value is -1.29. The molecule has 0 bridgehead atoms. The molecule has 1 heterocycles. The Bertz CT molecular complexity index is 403. The number of benzene rings is 1. The maximum atomic E-state index is 13.3. The predicted molar refractivity (Wildman–Crippen MR) is 67.6 cm³/mol. The van der Waals surface area contributed by atoms with Gasteiger partial charge in [0.15, 0.2) is 0 Å². The van der Waals surface area contributed by atoms with E-state index in [1.807, 2.05) is 0 Å². The molecular formula is C13H19FN2O. The Labute approximate surface area is 101 Å². The van der Waals surface area contributed by atoms with Gasteiger partial charge in [-0.1, -0.05) is 0 Å². The van der Waals surface area contributed by atoms with Crippen LogP contribution in [0.4, 0.5) is 15.8 Å². The molecule has 1 fully saturated rings. The lowest BCUT2D eigenvalue weighted by Crippen LogP contribution is -2.26. The molecule has 4 heteroatoms. The van der Waals surface area contributed by atoms with Crippen molar-refractivity contribution in [3.05, 3.63) is 23.5 Å². The first kappa shape index (κ1) is 12.2. The average molecular weight is 238 g/mol. The van der Waals surface area contributed by atoms with Gasteiger partial charge in [0.05, 0.1) is 18.0 Å². The van der Waals surface area contributed by atoms with E-state index in [2.05, 4.69) is 12.2 Å². The minimum Gasteiger partial charge on any atom is -0.397 e. The van der Waals surface area contributed by atoms with Crippen LogP contribution < -0.4 is 11.1 Å². The zero-order valence-corrected chi connectivity index (χ0v) is 10.3. The van der Waals surface area contributed by atoms with Gasteiger partial charge in [-0.25, -0.2) is 4.39 Å². The van der Waals surface area contributed by atoms with Crippen molar-refractivity contribution in [2.45, 2.75) is 26.3 Å². The summed E-state index contributed by atoms with van der Waals surface area (Å²) in [4.78, 5) is 0. The molecule has 1 aromatic rings. The first-order chi connectivity index (χ1) is 8.08. The second-order valence-electron chi connectivity index (χ2n) is 4.75. The molecule has 2 rings (SSSR count). The fraction of sp³-hybridized carbons (Fsp3) is 0.538. The molecule has 1 aliphatic heterocycles. The molecule has 1 saturated heterocycles. The van der Waals surface area contributed by atoms with Gasteiger partial charge < -0.3 is 15.8 Å². The van der Waals surface area contributed by atoms with Crippen molar-refractivity contribution in [2.24, 2.45) is 5.92 Å². The van der Waals surface area contributed by atoms with Gasteiger partial charge in [-0.05, 0) is 38.0 Å². The average Bonchev–Trinajstić information content (AvgIpc) is 2.79. The van der Waals surface area contributed by atoms with Crippen molar-refractivity contribution in [3.63, 3.8) is 0 Å². The number of hydrogen-bond donors (Lipinski definition) is 2. The van der Waals surface area contributed by atoms with Crippen LogP contribution in [-0.2, 0) is 4.74 Å². The van der Waals surface area contributed by atoms with Gasteiger partial charge in [0.2, 0.25) is 0 Å². The van der Waals surface area contributed by atoms with Crippen LogP contribution in [0.1, 0.15) is 18.9 Å². The lowest BCUT2D eigenvalue weighted by molar-refractivity contribution is 0.183. The molecule has 2 atom stereocenters. The van der Waals surface area contributed by atoms with E-state index in [-0.39, 0.29) is 11.9 Å². The topological polar surface area (TPSA) is 47.3 Å². The third-order valence-corrected chi connectivity index (χ3v) is 3.39. The zero-order valence-electron chi connectivity index (χ0n) is 10.3.